The molecule has 0 spiro atoms. The summed E-state index contributed by atoms with van der Waals surface area (Å²) in [7, 11) is 0. The Balaban J connectivity index is 1.26. The van der Waals surface area contributed by atoms with Crippen molar-refractivity contribution in [3.8, 4) is 6.07 Å². The van der Waals surface area contributed by atoms with E-state index >= 15 is 4.39 Å². The van der Waals surface area contributed by atoms with Crippen molar-refractivity contribution in [2.75, 3.05) is 17.2 Å². The normalized spacial score (nSPS) is 22.9. The van der Waals surface area contributed by atoms with Crippen molar-refractivity contribution in [1.82, 2.24) is 10.2 Å². The topological polar surface area (TPSA) is 117 Å². The molecule has 1 aliphatic carbocycles. The smallest absolute Gasteiger partial charge is 0.322 e. The van der Waals surface area contributed by atoms with Crippen LogP contribution in [0.5, 0.6) is 0 Å². The van der Waals surface area contributed by atoms with Gasteiger partial charge in [-0.3, -0.25) is 10.1 Å². The zero-order valence-electron chi connectivity index (χ0n) is 22.9. The van der Waals surface area contributed by atoms with Crippen LogP contribution in [-0.2, 0) is 16.9 Å². The molecule has 1 saturated carbocycles. The molecule has 6 rings (SSSR count). The van der Waals surface area contributed by atoms with Crippen molar-refractivity contribution in [3.63, 3.8) is 0 Å². The number of nitrogens with one attached hydrogen (secondary N) is 3. The second-order valence-electron chi connectivity index (χ2n) is 11.4. The quantitative estimate of drug-likeness (QED) is 0.291. The Morgan fingerprint density at radius 3 is 2.67 bits per heavy atom. The van der Waals surface area contributed by atoms with Gasteiger partial charge in [0.05, 0.1) is 29.0 Å². The second kappa shape index (κ2) is 11.4. The summed E-state index contributed by atoms with van der Waals surface area (Å²) in [5.74, 6) is -0.540. The molecule has 0 aromatic heterocycles. The molecule has 4 N–H and O–H groups in total. The number of likely N-dealkylation sites (tertiary alicyclic amines) is 1. The summed E-state index contributed by atoms with van der Waals surface area (Å²) in [5.41, 5.74) is 3.19. The van der Waals surface area contributed by atoms with Crippen molar-refractivity contribution >= 4 is 34.9 Å². The summed E-state index contributed by atoms with van der Waals surface area (Å²) in [5, 5.41) is 29.6. The Morgan fingerprint density at radius 1 is 1.14 bits per heavy atom. The first-order valence-corrected chi connectivity index (χ1v) is 14.5. The Labute approximate surface area is 248 Å². The Bertz CT molecular complexity index is 1570. The molecule has 3 amide bonds. The fraction of sp³-hybridized carbons (Fsp3) is 0.344. The molecule has 0 bridgehead atoms. The third-order valence-corrected chi connectivity index (χ3v) is 8.85. The van der Waals surface area contributed by atoms with Crippen molar-refractivity contribution in [2.24, 2.45) is 5.92 Å². The zero-order valence-corrected chi connectivity index (χ0v) is 23.6. The van der Waals surface area contributed by atoms with Gasteiger partial charge in [-0.05, 0) is 77.9 Å². The van der Waals surface area contributed by atoms with E-state index in [0.717, 1.165) is 29.5 Å². The summed E-state index contributed by atoms with van der Waals surface area (Å²) in [6, 6.07) is 17.7. The molecule has 3 aromatic rings. The summed E-state index contributed by atoms with van der Waals surface area (Å²) >= 11 is 5.93. The number of rotatable bonds is 7. The molecule has 8 nitrogen and oxygen atoms in total. The number of halogens is 2. The molecule has 3 atom stereocenters. The minimum Gasteiger partial charge on any atom is -0.391 e. The van der Waals surface area contributed by atoms with E-state index in [1.807, 2.05) is 12.1 Å². The van der Waals surface area contributed by atoms with E-state index in [2.05, 4.69) is 22.0 Å². The fourth-order valence-corrected chi connectivity index (χ4v) is 6.31. The van der Waals surface area contributed by atoms with Gasteiger partial charge in [-0.2, -0.15) is 5.26 Å². The minimum atomic E-state index is -0.997. The van der Waals surface area contributed by atoms with Crippen LogP contribution in [0.25, 0.3) is 0 Å². The molecular weight excluding hydrogens is 557 g/mol. The lowest BCUT2D eigenvalue weighted by Gasteiger charge is -2.33. The maximum atomic E-state index is 15.2. The summed E-state index contributed by atoms with van der Waals surface area (Å²) in [6.45, 7) is 0.479. The van der Waals surface area contributed by atoms with Gasteiger partial charge in [-0.1, -0.05) is 42.6 Å². The third kappa shape index (κ3) is 5.45. The molecule has 10 heteroatoms. The summed E-state index contributed by atoms with van der Waals surface area (Å²) in [4.78, 5) is 27.8. The summed E-state index contributed by atoms with van der Waals surface area (Å²) in [6.07, 6.45) is 3.28. The SMILES string of the molecule is N#Cc1cccc2c1CNC2(CCC1CC1)c1ccc(F)c(NC(=O)[C@H]2C[C@H](O)CN2C(=O)Nc2ccc(Cl)cc2)c1. The van der Waals surface area contributed by atoms with Crippen molar-refractivity contribution in [1.29, 1.82) is 5.26 Å². The minimum absolute atomic E-state index is 0.00515. The number of β-amino-alcohol motifs (C(OH)–C–C–N with tert-alkyl or cyclic N) is 1. The number of aliphatic hydroxyl groups is 1. The van der Waals surface area contributed by atoms with E-state index in [9.17, 15) is 20.0 Å². The Morgan fingerprint density at radius 2 is 1.93 bits per heavy atom. The number of hydrogen-bond acceptors (Lipinski definition) is 5. The van der Waals surface area contributed by atoms with Crippen LogP contribution in [0.2, 0.25) is 5.02 Å². The lowest BCUT2D eigenvalue weighted by Crippen LogP contribution is -2.45. The molecule has 1 unspecified atom stereocenters. The number of nitriles is 1. The van der Waals surface area contributed by atoms with Crippen molar-refractivity contribution < 1.29 is 19.1 Å². The largest absolute Gasteiger partial charge is 0.391 e. The molecule has 1 saturated heterocycles. The zero-order chi connectivity index (χ0) is 29.4. The Kier molecular flexibility index (Phi) is 7.62. The van der Waals surface area contributed by atoms with Crippen molar-refractivity contribution in [2.45, 2.75) is 56.3 Å². The monoisotopic (exact) mass is 587 g/mol. The number of amides is 3. The number of nitrogens with zero attached hydrogens (tertiary/aromatic N) is 2. The van der Waals surface area contributed by atoms with Crippen LogP contribution in [0.3, 0.4) is 0 Å². The number of fused-ring (bicyclic) bond motifs is 1. The van der Waals surface area contributed by atoms with Crippen LogP contribution in [0, 0.1) is 23.1 Å². The van der Waals surface area contributed by atoms with Gasteiger partial charge in [0.2, 0.25) is 5.91 Å². The molecule has 0 radical (unpaired) electrons. The standard InChI is InChI=1S/C32H31ClFN5O3/c33-22-7-9-23(10-8-22)37-31(42)39-18-24(40)15-29(39)30(41)38-28-14-21(6-11-27(28)34)32(13-12-19-4-5-19)26-3-1-2-20(16-35)25(26)17-36-32/h1-3,6-11,14,19,24,29,36,40H,4-5,12-13,15,17-18H2,(H,37,42)(H,38,41)/t24-,29+,32?/m0/s1. The highest BCUT2D eigenvalue weighted by Gasteiger charge is 2.43. The van der Waals surface area contributed by atoms with E-state index < -0.39 is 35.4 Å². The molecule has 3 aliphatic rings. The van der Waals surface area contributed by atoms with Crippen molar-refractivity contribution in [3.05, 3.63) is 93.8 Å². The first-order chi connectivity index (χ1) is 20.3. The van der Waals surface area contributed by atoms with E-state index in [1.54, 1.807) is 42.5 Å². The van der Waals surface area contributed by atoms with Crippen LogP contribution in [0.4, 0.5) is 20.6 Å². The lowest BCUT2D eigenvalue weighted by molar-refractivity contribution is -0.119. The van der Waals surface area contributed by atoms with Gasteiger partial charge in [-0.15, -0.1) is 0 Å². The maximum absolute atomic E-state index is 15.2. The van der Waals surface area contributed by atoms with E-state index in [4.69, 9.17) is 11.6 Å². The van der Waals surface area contributed by atoms with Gasteiger partial charge in [0.25, 0.3) is 0 Å². The third-order valence-electron chi connectivity index (χ3n) is 8.60. The van der Waals surface area contributed by atoms with Gasteiger partial charge in [0.15, 0.2) is 0 Å². The predicted octanol–water partition coefficient (Wildman–Crippen LogP) is 5.49. The van der Waals surface area contributed by atoms with Gasteiger partial charge in [0.1, 0.15) is 11.9 Å². The number of anilines is 2. The maximum Gasteiger partial charge on any atom is 0.322 e. The fourth-order valence-electron chi connectivity index (χ4n) is 6.19. The summed E-state index contributed by atoms with van der Waals surface area (Å²) < 4.78 is 15.2. The highest BCUT2D eigenvalue weighted by atomic mass is 35.5. The first-order valence-electron chi connectivity index (χ1n) is 14.2. The van der Waals surface area contributed by atoms with Gasteiger partial charge in [-0.25, -0.2) is 9.18 Å². The molecule has 42 heavy (non-hydrogen) atoms. The molecule has 216 valence electrons. The molecule has 2 heterocycles. The van der Waals surface area contributed by atoms with Crippen LogP contribution in [-0.4, -0.2) is 40.6 Å². The highest BCUT2D eigenvalue weighted by Crippen LogP contribution is 2.46. The Hall–Kier alpha value is -3.97. The van der Waals surface area contributed by atoms with E-state index in [-0.39, 0.29) is 18.7 Å². The molecule has 3 aromatic carbocycles. The molecule has 2 fully saturated rings. The number of hydrogen-bond donors (Lipinski definition) is 4. The molecule has 2 aliphatic heterocycles. The number of carbonyl (C=O) groups excluding carboxylic acids is 2. The lowest BCUT2D eigenvalue weighted by atomic mass is 9.78. The van der Waals surface area contributed by atoms with Crippen LogP contribution >= 0.6 is 11.6 Å². The molecular formula is C32H31ClFN5O3. The van der Waals surface area contributed by atoms with Crippen LogP contribution in [0.15, 0.2) is 60.7 Å². The van der Waals surface area contributed by atoms with Crippen LogP contribution in [0.1, 0.15) is 54.4 Å². The van der Waals surface area contributed by atoms with Gasteiger partial charge in [0, 0.05) is 30.2 Å². The number of benzene rings is 3. The first kappa shape index (κ1) is 28.2. The highest BCUT2D eigenvalue weighted by molar-refractivity contribution is 6.30. The second-order valence-corrected chi connectivity index (χ2v) is 11.8. The van der Waals surface area contributed by atoms with E-state index in [0.29, 0.717) is 28.7 Å². The number of urea groups is 1. The van der Waals surface area contributed by atoms with E-state index in [1.165, 1.54) is 23.8 Å². The number of carbonyl (C=O) groups is 2. The number of aliphatic hydroxyl groups excluding tert-OH is 1. The van der Waals surface area contributed by atoms with Gasteiger partial charge >= 0.3 is 6.03 Å². The average Bonchev–Trinajstić information content (AvgIpc) is 3.62. The predicted molar refractivity (Wildman–Crippen MR) is 157 cm³/mol. The van der Waals surface area contributed by atoms with Crippen LogP contribution < -0.4 is 16.0 Å². The average molecular weight is 588 g/mol. The van der Waals surface area contributed by atoms with Gasteiger partial charge < -0.3 is 20.6 Å².